The Morgan fingerprint density at radius 2 is 1.92 bits per heavy atom. The third-order valence-corrected chi connectivity index (χ3v) is 4.45. The van der Waals surface area contributed by atoms with Gasteiger partial charge < -0.3 is 19.5 Å². The van der Waals surface area contributed by atoms with Crippen LogP contribution in [0.25, 0.3) is 10.6 Å². The van der Waals surface area contributed by atoms with Gasteiger partial charge in [-0.25, -0.2) is 9.97 Å². The monoisotopic (exact) mass is 371 g/mol. The number of hydrogen-bond donors (Lipinski definition) is 1. The molecule has 0 atom stereocenters. The molecule has 2 heterocycles. The van der Waals surface area contributed by atoms with E-state index >= 15 is 0 Å². The van der Waals surface area contributed by atoms with E-state index in [-0.39, 0.29) is 5.91 Å². The highest BCUT2D eigenvalue weighted by atomic mass is 32.1. The van der Waals surface area contributed by atoms with Crippen LogP contribution < -0.4 is 19.5 Å². The molecule has 0 saturated heterocycles. The fourth-order valence-corrected chi connectivity index (χ4v) is 3.15. The minimum atomic E-state index is -0.318. The second-order valence-corrected chi connectivity index (χ2v) is 5.98. The van der Waals surface area contributed by atoms with E-state index in [0.29, 0.717) is 33.8 Å². The number of carbonyl (C=O) groups excluding carboxylic acids is 1. The van der Waals surface area contributed by atoms with Crippen LogP contribution in [0.5, 0.6) is 17.4 Å². The van der Waals surface area contributed by atoms with Gasteiger partial charge in [0, 0.05) is 11.4 Å². The summed E-state index contributed by atoms with van der Waals surface area (Å²) in [5.74, 6) is 1.34. The van der Waals surface area contributed by atoms with Gasteiger partial charge in [0.15, 0.2) is 11.5 Å². The van der Waals surface area contributed by atoms with Crippen LogP contribution in [-0.2, 0) is 0 Å². The topological polar surface area (TPSA) is 82.6 Å². The molecular weight excluding hydrogens is 354 g/mol. The molecule has 3 aromatic rings. The first kappa shape index (κ1) is 17.7. The van der Waals surface area contributed by atoms with E-state index in [2.05, 4.69) is 15.3 Å². The normalized spacial score (nSPS) is 10.3. The Morgan fingerprint density at radius 1 is 1.08 bits per heavy atom. The number of benzene rings is 1. The molecule has 0 saturated carbocycles. The van der Waals surface area contributed by atoms with Crippen molar-refractivity contribution >= 4 is 22.9 Å². The van der Waals surface area contributed by atoms with Crippen LogP contribution in [0.2, 0.25) is 0 Å². The third kappa shape index (κ3) is 3.60. The lowest BCUT2D eigenvalue weighted by Crippen LogP contribution is -2.12. The Balaban J connectivity index is 1.82. The Morgan fingerprint density at radius 3 is 2.58 bits per heavy atom. The molecule has 8 heteroatoms. The summed E-state index contributed by atoms with van der Waals surface area (Å²) in [5.41, 5.74) is 1.64. The van der Waals surface area contributed by atoms with Crippen LogP contribution in [-0.4, -0.2) is 37.2 Å². The summed E-state index contributed by atoms with van der Waals surface area (Å²) in [6.45, 7) is 0. The van der Waals surface area contributed by atoms with Gasteiger partial charge >= 0.3 is 0 Å². The molecule has 0 fully saturated rings. The summed E-state index contributed by atoms with van der Waals surface area (Å²) in [7, 11) is 4.68. The number of amides is 1. The maximum absolute atomic E-state index is 12.4. The van der Waals surface area contributed by atoms with E-state index in [9.17, 15) is 4.79 Å². The number of hydrogen-bond acceptors (Lipinski definition) is 7. The number of carbonyl (C=O) groups is 1. The highest BCUT2D eigenvalue weighted by Crippen LogP contribution is 2.39. The molecule has 0 radical (unpaired) electrons. The first-order chi connectivity index (χ1) is 12.7. The molecule has 0 aliphatic carbocycles. The Bertz CT molecular complexity index is 909. The van der Waals surface area contributed by atoms with Crippen LogP contribution >= 0.6 is 11.3 Å². The number of rotatable bonds is 6. The van der Waals surface area contributed by atoms with E-state index in [4.69, 9.17) is 14.2 Å². The molecular formula is C18H17N3O4S. The number of anilines is 1. The van der Waals surface area contributed by atoms with Gasteiger partial charge in [-0.3, -0.25) is 4.79 Å². The summed E-state index contributed by atoms with van der Waals surface area (Å²) in [5, 5.41) is 5.12. The van der Waals surface area contributed by atoms with Gasteiger partial charge in [0.25, 0.3) is 5.91 Å². The van der Waals surface area contributed by atoms with Crippen LogP contribution in [0.1, 0.15) is 10.5 Å². The average molecular weight is 371 g/mol. The molecule has 1 amide bonds. The number of nitrogens with zero attached hydrogens (tertiary/aromatic N) is 2. The summed E-state index contributed by atoms with van der Waals surface area (Å²) in [6.07, 6.45) is 1.52. The fraction of sp³-hybridized carbons (Fsp3) is 0.167. The third-order valence-electron chi connectivity index (χ3n) is 3.57. The number of para-hydroxylation sites is 1. The zero-order valence-corrected chi connectivity index (χ0v) is 15.3. The van der Waals surface area contributed by atoms with Crippen molar-refractivity contribution in [2.75, 3.05) is 26.6 Å². The quantitative estimate of drug-likeness (QED) is 0.714. The van der Waals surface area contributed by atoms with Gasteiger partial charge in [0.05, 0.1) is 38.8 Å². The summed E-state index contributed by atoms with van der Waals surface area (Å²) >= 11 is 1.35. The average Bonchev–Trinajstić information content (AvgIpc) is 3.18. The van der Waals surface area contributed by atoms with Gasteiger partial charge in [-0.05, 0) is 18.2 Å². The lowest BCUT2D eigenvalue weighted by Gasteiger charge is -2.10. The summed E-state index contributed by atoms with van der Waals surface area (Å²) in [4.78, 5) is 20.9. The van der Waals surface area contributed by atoms with Crippen LogP contribution in [0.15, 0.2) is 41.9 Å². The summed E-state index contributed by atoms with van der Waals surface area (Å²) < 4.78 is 15.7. The minimum Gasteiger partial charge on any atom is -0.493 e. The van der Waals surface area contributed by atoms with Crippen LogP contribution in [0.4, 0.5) is 5.69 Å². The van der Waals surface area contributed by atoms with Crippen LogP contribution in [0, 0.1) is 0 Å². The number of ether oxygens (including phenoxy) is 3. The van der Waals surface area contributed by atoms with Gasteiger partial charge in [0.2, 0.25) is 5.88 Å². The number of nitrogens with one attached hydrogen (secondary N) is 1. The maximum Gasteiger partial charge on any atom is 0.275 e. The molecule has 7 nitrogen and oxygen atoms in total. The van der Waals surface area contributed by atoms with Crippen molar-refractivity contribution in [1.29, 1.82) is 0 Å². The van der Waals surface area contributed by atoms with Gasteiger partial charge in [-0.15, -0.1) is 11.3 Å². The molecule has 2 aromatic heterocycles. The van der Waals surface area contributed by atoms with Gasteiger partial charge in [-0.1, -0.05) is 6.07 Å². The summed E-state index contributed by atoms with van der Waals surface area (Å²) in [6, 6.07) is 8.90. The second-order valence-electron chi connectivity index (χ2n) is 5.12. The Labute approximate surface area is 154 Å². The molecule has 0 bridgehead atoms. The minimum absolute atomic E-state index is 0.311. The molecule has 1 N–H and O–H groups in total. The van der Waals surface area contributed by atoms with Crippen molar-refractivity contribution in [3.63, 3.8) is 0 Å². The fourth-order valence-electron chi connectivity index (χ4n) is 2.33. The largest absolute Gasteiger partial charge is 0.493 e. The van der Waals surface area contributed by atoms with Crippen molar-refractivity contribution in [3.05, 3.63) is 47.6 Å². The first-order valence-corrected chi connectivity index (χ1v) is 8.52. The highest BCUT2D eigenvalue weighted by Gasteiger charge is 2.17. The molecule has 0 aliphatic rings. The zero-order chi connectivity index (χ0) is 18.5. The predicted octanol–water partition coefficient (Wildman–Crippen LogP) is 3.48. The van der Waals surface area contributed by atoms with E-state index in [0.717, 1.165) is 5.56 Å². The van der Waals surface area contributed by atoms with E-state index in [1.807, 2.05) is 12.1 Å². The molecule has 0 aliphatic heterocycles. The molecule has 134 valence electrons. The van der Waals surface area contributed by atoms with Gasteiger partial charge in [-0.2, -0.15) is 0 Å². The maximum atomic E-state index is 12.4. The SMILES string of the molecule is COc1ccc(NC(=O)c2csc(-c3cccc(OC)c3OC)n2)cn1. The van der Waals surface area contributed by atoms with Crippen LogP contribution in [0.3, 0.4) is 0 Å². The smallest absolute Gasteiger partial charge is 0.275 e. The lowest BCUT2D eigenvalue weighted by molar-refractivity contribution is 0.102. The van der Waals surface area contributed by atoms with Crippen molar-refractivity contribution in [2.24, 2.45) is 0 Å². The Hall–Kier alpha value is -3.13. The first-order valence-electron chi connectivity index (χ1n) is 7.64. The van der Waals surface area contributed by atoms with Crippen molar-refractivity contribution in [3.8, 4) is 28.0 Å². The lowest BCUT2D eigenvalue weighted by atomic mass is 10.2. The Kier molecular flexibility index (Phi) is 5.33. The number of pyridine rings is 1. The van der Waals surface area contributed by atoms with Crippen molar-refractivity contribution in [2.45, 2.75) is 0 Å². The number of methoxy groups -OCH3 is 3. The predicted molar refractivity (Wildman–Crippen MR) is 99.4 cm³/mol. The van der Waals surface area contributed by atoms with Crippen molar-refractivity contribution in [1.82, 2.24) is 9.97 Å². The standard InChI is InChI=1S/C18H17N3O4S/c1-23-14-6-4-5-12(16(14)25-3)18-21-13(10-26-18)17(22)20-11-7-8-15(24-2)19-9-11/h4-10H,1-3H3,(H,20,22). The number of thiazole rings is 1. The number of aromatic nitrogens is 2. The van der Waals surface area contributed by atoms with E-state index in [1.54, 1.807) is 37.8 Å². The molecule has 3 rings (SSSR count). The molecule has 0 unspecified atom stereocenters. The molecule has 1 aromatic carbocycles. The van der Waals surface area contributed by atoms with Crippen molar-refractivity contribution < 1.29 is 19.0 Å². The zero-order valence-electron chi connectivity index (χ0n) is 14.5. The highest BCUT2D eigenvalue weighted by molar-refractivity contribution is 7.13. The second kappa shape index (κ2) is 7.83. The van der Waals surface area contributed by atoms with E-state index < -0.39 is 0 Å². The van der Waals surface area contributed by atoms with Gasteiger partial charge in [0.1, 0.15) is 10.7 Å². The molecule has 26 heavy (non-hydrogen) atoms. The molecule has 0 spiro atoms. The van der Waals surface area contributed by atoms with E-state index in [1.165, 1.54) is 24.6 Å².